The maximum absolute atomic E-state index is 12.3. The normalized spacial score (nSPS) is 11.2. The predicted octanol–water partition coefficient (Wildman–Crippen LogP) is 5.32. The number of carbonyl (C=O) groups is 1. The molecule has 0 saturated carbocycles. The molecule has 0 aliphatic rings. The Hall–Kier alpha value is -3.33. The number of aromatic nitrogens is 2. The topological polar surface area (TPSA) is 84.3 Å². The summed E-state index contributed by atoms with van der Waals surface area (Å²) in [7, 11) is 0. The summed E-state index contributed by atoms with van der Waals surface area (Å²) in [5, 5.41) is 12.3. The van der Waals surface area contributed by atoms with Crippen molar-refractivity contribution in [2.24, 2.45) is 0 Å². The van der Waals surface area contributed by atoms with Gasteiger partial charge in [0.2, 0.25) is 5.95 Å². The number of hydrogen-bond donors (Lipinski definition) is 2. The number of anilines is 1. The number of rotatable bonds is 8. The van der Waals surface area contributed by atoms with E-state index in [0.717, 1.165) is 5.56 Å². The number of carboxylic acids is 1. The molecule has 0 amide bonds. The summed E-state index contributed by atoms with van der Waals surface area (Å²) in [6, 6.07) is 10.9. The Kier molecular flexibility index (Phi) is 6.96. The van der Waals surface area contributed by atoms with Crippen LogP contribution in [0.25, 0.3) is 11.1 Å². The van der Waals surface area contributed by atoms with Crippen molar-refractivity contribution < 1.29 is 27.8 Å². The number of halogens is 4. The van der Waals surface area contributed by atoms with Crippen LogP contribution in [0.2, 0.25) is 5.02 Å². The Balaban J connectivity index is 1.65. The molecule has 1 heterocycles. The largest absolute Gasteiger partial charge is 0.573 e. The van der Waals surface area contributed by atoms with Gasteiger partial charge in [-0.25, -0.2) is 9.97 Å². The molecular weight excluding hydrogens is 435 g/mol. The van der Waals surface area contributed by atoms with Crippen LogP contribution in [0.4, 0.5) is 19.1 Å². The first-order valence-corrected chi connectivity index (χ1v) is 9.48. The molecule has 0 aliphatic carbocycles. The quantitative estimate of drug-likeness (QED) is 0.482. The summed E-state index contributed by atoms with van der Waals surface area (Å²) in [4.78, 5) is 19.2. The van der Waals surface area contributed by atoms with Crippen LogP contribution in [0.3, 0.4) is 0 Å². The van der Waals surface area contributed by atoms with Gasteiger partial charge in [-0.15, -0.1) is 13.2 Å². The molecule has 1 aromatic heterocycles. The van der Waals surface area contributed by atoms with Gasteiger partial charge in [0.05, 0.1) is 0 Å². The zero-order valence-corrected chi connectivity index (χ0v) is 16.7. The molecule has 2 aromatic carbocycles. The second kappa shape index (κ2) is 9.65. The fraction of sp³-hybridized carbons (Fsp3) is 0.190. The van der Waals surface area contributed by atoms with Crippen LogP contribution < -0.4 is 10.1 Å². The second-order valence-corrected chi connectivity index (χ2v) is 6.95. The predicted molar refractivity (Wildman–Crippen MR) is 109 cm³/mol. The maximum Gasteiger partial charge on any atom is 0.573 e. The van der Waals surface area contributed by atoms with Crippen LogP contribution in [-0.4, -0.2) is 27.4 Å². The number of hydrogen-bond acceptors (Lipinski definition) is 5. The number of nitrogens with zero attached hydrogens (tertiary/aromatic N) is 2. The first kappa shape index (κ1) is 22.4. The number of aryl methyl sites for hydroxylation is 1. The second-order valence-electron chi connectivity index (χ2n) is 6.54. The summed E-state index contributed by atoms with van der Waals surface area (Å²) in [5.41, 5.74) is 2.77. The molecule has 3 aromatic rings. The molecule has 6 nitrogen and oxygen atoms in total. The van der Waals surface area contributed by atoms with E-state index in [1.165, 1.54) is 18.2 Å². The van der Waals surface area contributed by atoms with Gasteiger partial charge in [-0.2, -0.15) is 0 Å². The molecule has 0 bridgehead atoms. The molecule has 0 unspecified atom stereocenters. The van der Waals surface area contributed by atoms with E-state index in [2.05, 4.69) is 20.0 Å². The molecule has 0 spiro atoms. The van der Waals surface area contributed by atoms with Crippen molar-refractivity contribution in [2.75, 3.05) is 5.32 Å². The average Bonchev–Trinajstić information content (AvgIpc) is 2.71. The number of aliphatic carboxylic acids is 1. The number of alkyl halides is 3. The smallest absolute Gasteiger partial charge is 0.481 e. The highest BCUT2D eigenvalue weighted by Gasteiger charge is 2.31. The molecule has 0 saturated heterocycles. The van der Waals surface area contributed by atoms with Crippen molar-refractivity contribution in [3.05, 3.63) is 71.0 Å². The molecule has 0 atom stereocenters. The minimum absolute atomic E-state index is 0.0300. The Labute approximate surface area is 180 Å². The van der Waals surface area contributed by atoms with Crippen molar-refractivity contribution in [1.82, 2.24) is 9.97 Å². The van der Waals surface area contributed by atoms with Crippen LogP contribution in [0.5, 0.6) is 5.75 Å². The summed E-state index contributed by atoms with van der Waals surface area (Å²) in [5.74, 6) is -0.911. The van der Waals surface area contributed by atoms with E-state index in [1.54, 1.807) is 36.7 Å². The first-order valence-electron chi connectivity index (χ1n) is 9.11. The Morgan fingerprint density at radius 2 is 1.84 bits per heavy atom. The molecule has 162 valence electrons. The van der Waals surface area contributed by atoms with E-state index in [-0.39, 0.29) is 18.7 Å². The van der Waals surface area contributed by atoms with E-state index < -0.39 is 12.3 Å². The molecule has 0 fully saturated rings. The van der Waals surface area contributed by atoms with Crippen molar-refractivity contribution in [2.45, 2.75) is 25.7 Å². The Morgan fingerprint density at radius 3 is 2.52 bits per heavy atom. The van der Waals surface area contributed by atoms with Gasteiger partial charge in [0.15, 0.2) is 0 Å². The van der Waals surface area contributed by atoms with Gasteiger partial charge in [0, 0.05) is 35.9 Å². The summed E-state index contributed by atoms with van der Waals surface area (Å²) in [6.07, 6.45) is -1.30. The zero-order valence-electron chi connectivity index (χ0n) is 16.0. The average molecular weight is 452 g/mol. The Morgan fingerprint density at radius 1 is 1.10 bits per heavy atom. The fourth-order valence-corrected chi connectivity index (χ4v) is 3.00. The summed E-state index contributed by atoms with van der Waals surface area (Å²) in [6.45, 7) is 0.203. The highest BCUT2D eigenvalue weighted by Crippen LogP contribution is 2.26. The third-order valence-corrected chi connectivity index (χ3v) is 4.59. The van der Waals surface area contributed by atoms with Crippen molar-refractivity contribution in [1.29, 1.82) is 0 Å². The highest BCUT2D eigenvalue weighted by atomic mass is 35.5. The van der Waals surface area contributed by atoms with Gasteiger partial charge in [-0.3, -0.25) is 4.79 Å². The van der Waals surface area contributed by atoms with Gasteiger partial charge in [0.1, 0.15) is 5.75 Å². The lowest BCUT2D eigenvalue weighted by Crippen LogP contribution is -2.17. The molecular formula is C21H17ClF3N3O3. The van der Waals surface area contributed by atoms with Crippen molar-refractivity contribution >= 4 is 23.5 Å². The minimum atomic E-state index is -4.75. The third kappa shape index (κ3) is 6.85. The van der Waals surface area contributed by atoms with E-state index in [0.29, 0.717) is 34.1 Å². The SMILES string of the molecule is O=C(O)CCc1cc(-c2cnc(NCc3cccc(OC(F)(F)F)c3)nc2)ccc1Cl. The molecule has 3 rings (SSSR count). The first-order chi connectivity index (χ1) is 14.7. The minimum Gasteiger partial charge on any atom is -0.481 e. The molecule has 31 heavy (non-hydrogen) atoms. The van der Waals surface area contributed by atoms with Crippen LogP contribution >= 0.6 is 11.6 Å². The third-order valence-electron chi connectivity index (χ3n) is 4.22. The van der Waals surface area contributed by atoms with Crippen molar-refractivity contribution in [3.8, 4) is 16.9 Å². The monoisotopic (exact) mass is 451 g/mol. The standard InChI is InChI=1S/C21H17ClF3N3O3/c22-18-6-4-14(9-15(18)5-7-19(29)30)16-11-27-20(28-12-16)26-10-13-2-1-3-17(8-13)31-21(23,24)25/h1-4,6,8-9,11-12H,5,7,10H2,(H,29,30)(H,26,27,28). The van der Waals surface area contributed by atoms with Gasteiger partial charge >= 0.3 is 12.3 Å². The molecule has 0 aliphatic heterocycles. The summed E-state index contributed by atoms with van der Waals surface area (Å²) >= 11 is 6.13. The Bertz CT molecular complexity index is 1060. The van der Waals surface area contributed by atoms with Gasteiger partial charge in [-0.1, -0.05) is 29.8 Å². The van der Waals surface area contributed by atoms with Crippen LogP contribution in [-0.2, 0) is 17.8 Å². The van der Waals surface area contributed by atoms with E-state index in [4.69, 9.17) is 16.7 Å². The van der Waals surface area contributed by atoms with Crippen LogP contribution in [0.1, 0.15) is 17.5 Å². The van der Waals surface area contributed by atoms with E-state index in [1.807, 2.05) is 0 Å². The molecule has 0 radical (unpaired) electrons. The molecule has 2 N–H and O–H groups in total. The lowest BCUT2D eigenvalue weighted by molar-refractivity contribution is -0.274. The number of carboxylic acid groups (broad SMARTS) is 1. The molecule has 10 heteroatoms. The van der Waals surface area contributed by atoms with Crippen LogP contribution in [0, 0.1) is 0 Å². The van der Waals surface area contributed by atoms with Gasteiger partial charge < -0.3 is 15.2 Å². The van der Waals surface area contributed by atoms with Gasteiger partial charge in [-0.05, 0) is 47.4 Å². The fourth-order valence-electron chi connectivity index (χ4n) is 2.79. The summed E-state index contributed by atoms with van der Waals surface area (Å²) < 4.78 is 40.9. The van der Waals surface area contributed by atoms with Crippen molar-refractivity contribution in [3.63, 3.8) is 0 Å². The maximum atomic E-state index is 12.3. The highest BCUT2D eigenvalue weighted by molar-refractivity contribution is 6.31. The lowest BCUT2D eigenvalue weighted by atomic mass is 10.0. The van der Waals surface area contributed by atoms with Gasteiger partial charge in [0.25, 0.3) is 0 Å². The van der Waals surface area contributed by atoms with Crippen LogP contribution in [0.15, 0.2) is 54.9 Å². The van der Waals surface area contributed by atoms with E-state index in [9.17, 15) is 18.0 Å². The zero-order chi connectivity index (χ0) is 22.4. The number of nitrogens with one attached hydrogen (secondary N) is 1. The lowest BCUT2D eigenvalue weighted by Gasteiger charge is -2.11. The number of benzene rings is 2. The van der Waals surface area contributed by atoms with E-state index >= 15 is 0 Å². The number of ether oxygens (including phenoxy) is 1.